The molecule has 0 aliphatic heterocycles. The highest BCUT2D eigenvalue weighted by Crippen LogP contribution is 2.17. The van der Waals surface area contributed by atoms with Crippen molar-refractivity contribution in [2.45, 2.75) is 13.1 Å². The predicted octanol–water partition coefficient (Wildman–Crippen LogP) is 1.31. The summed E-state index contributed by atoms with van der Waals surface area (Å²) in [6, 6.07) is 0. The maximum atomic E-state index is 10.7. The van der Waals surface area contributed by atoms with Crippen molar-refractivity contribution in [1.29, 1.82) is 0 Å². The Morgan fingerprint density at radius 3 is 1.70 bits per heavy atom. The zero-order valence-electron chi connectivity index (χ0n) is 5.07. The Hall–Kier alpha value is -0.290. The van der Waals surface area contributed by atoms with Gasteiger partial charge in [0.25, 0.3) is 0 Å². The van der Waals surface area contributed by atoms with Gasteiger partial charge in [-0.2, -0.15) is 13.2 Å². The minimum absolute atomic E-state index is 0.250. The number of hydrogen-bond acceptors (Lipinski definition) is 2. The molecule has 0 atom stereocenters. The molecule has 1 N–H and O–H groups in total. The average molecular weight is 179 g/mol. The first-order valence-corrected chi connectivity index (χ1v) is 2.61. The van der Waals surface area contributed by atoms with Gasteiger partial charge in [-0.1, -0.05) is 0 Å². The van der Waals surface area contributed by atoms with Crippen molar-refractivity contribution in [3.05, 3.63) is 0 Å². The molecular formula is C4H6ClF3O2. The third-order valence-electron chi connectivity index (χ3n) is 0.223. The van der Waals surface area contributed by atoms with Crippen molar-refractivity contribution in [1.82, 2.24) is 0 Å². The van der Waals surface area contributed by atoms with Crippen molar-refractivity contribution in [2.75, 3.05) is 6.61 Å². The van der Waals surface area contributed by atoms with Crippen LogP contribution in [0.4, 0.5) is 13.2 Å². The van der Waals surface area contributed by atoms with E-state index in [1.54, 1.807) is 6.92 Å². The maximum absolute atomic E-state index is 10.7. The Bertz CT molecular complexity index is 101. The zero-order chi connectivity index (χ0) is 8.78. The van der Waals surface area contributed by atoms with E-state index in [9.17, 15) is 13.2 Å². The smallest absolute Gasteiger partial charge is 0.397 e. The average Bonchev–Trinajstić information content (AvgIpc) is 1.64. The molecule has 0 unspecified atom stereocenters. The topological polar surface area (TPSA) is 37.3 Å². The summed E-state index contributed by atoms with van der Waals surface area (Å²) in [4.78, 5) is 9.11. The van der Waals surface area contributed by atoms with E-state index in [1.165, 1.54) is 0 Å². The summed E-state index contributed by atoms with van der Waals surface area (Å²) in [5, 5.41) is 5.28. The summed E-state index contributed by atoms with van der Waals surface area (Å²) < 4.78 is 32.1. The molecule has 0 aromatic rings. The SMILES string of the molecule is CCO.O=C(Cl)C(F)(F)F. The van der Waals surface area contributed by atoms with Crippen molar-refractivity contribution in [2.24, 2.45) is 0 Å². The molecule has 0 fully saturated rings. The van der Waals surface area contributed by atoms with Gasteiger partial charge < -0.3 is 5.11 Å². The number of aliphatic hydroxyl groups is 1. The lowest BCUT2D eigenvalue weighted by atomic mass is 10.8. The Kier molecular flexibility index (Phi) is 6.81. The van der Waals surface area contributed by atoms with Gasteiger partial charge in [0.2, 0.25) is 0 Å². The van der Waals surface area contributed by atoms with Crippen LogP contribution in [0.3, 0.4) is 0 Å². The molecule has 0 bridgehead atoms. The summed E-state index contributed by atoms with van der Waals surface area (Å²) in [6.45, 7) is 1.93. The van der Waals surface area contributed by atoms with Gasteiger partial charge in [-0.15, -0.1) is 0 Å². The van der Waals surface area contributed by atoms with E-state index in [4.69, 9.17) is 9.90 Å². The zero-order valence-corrected chi connectivity index (χ0v) is 5.83. The van der Waals surface area contributed by atoms with E-state index in [1.807, 2.05) is 0 Å². The largest absolute Gasteiger partial charge is 0.466 e. The van der Waals surface area contributed by atoms with Crippen LogP contribution in [-0.4, -0.2) is 23.1 Å². The van der Waals surface area contributed by atoms with Gasteiger partial charge in [0, 0.05) is 6.61 Å². The van der Waals surface area contributed by atoms with Gasteiger partial charge in [0.1, 0.15) is 0 Å². The molecule has 0 aromatic carbocycles. The molecule has 0 rings (SSSR count). The number of carbonyl (C=O) groups excluding carboxylic acids is 1. The number of carbonyl (C=O) groups is 1. The third kappa shape index (κ3) is 10.6. The molecule has 2 nitrogen and oxygen atoms in total. The second-order valence-electron chi connectivity index (χ2n) is 1.09. The number of hydrogen-bond donors (Lipinski definition) is 1. The normalized spacial score (nSPS) is 9.80. The molecule has 0 spiro atoms. The first-order chi connectivity index (χ1) is 4.36. The van der Waals surface area contributed by atoms with Crippen LogP contribution in [0, 0.1) is 0 Å². The van der Waals surface area contributed by atoms with Gasteiger partial charge >= 0.3 is 11.4 Å². The van der Waals surface area contributed by atoms with Gasteiger partial charge in [0.15, 0.2) is 0 Å². The van der Waals surface area contributed by atoms with Gasteiger partial charge in [0.05, 0.1) is 0 Å². The minimum atomic E-state index is -4.87. The second-order valence-corrected chi connectivity index (χ2v) is 1.43. The van der Waals surface area contributed by atoms with Crippen molar-refractivity contribution >= 4 is 16.8 Å². The summed E-state index contributed by atoms with van der Waals surface area (Å²) in [7, 11) is 0. The molecule has 0 radical (unpaired) electrons. The van der Waals surface area contributed by atoms with Crippen LogP contribution in [0.5, 0.6) is 0 Å². The van der Waals surface area contributed by atoms with Crippen molar-refractivity contribution in [3.8, 4) is 0 Å². The van der Waals surface area contributed by atoms with Gasteiger partial charge in [-0.25, -0.2) is 0 Å². The van der Waals surface area contributed by atoms with Crippen LogP contribution in [0.2, 0.25) is 0 Å². The van der Waals surface area contributed by atoms with Crippen LogP contribution < -0.4 is 0 Å². The molecule has 10 heavy (non-hydrogen) atoms. The first kappa shape index (κ1) is 12.4. The lowest BCUT2D eigenvalue weighted by Gasteiger charge is -1.93. The van der Waals surface area contributed by atoms with E-state index in [-0.39, 0.29) is 6.61 Å². The van der Waals surface area contributed by atoms with Crippen LogP contribution in [-0.2, 0) is 4.79 Å². The monoisotopic (exact) mass is 178 g/mol. The second kappa shape index (κ2) is 5.49. The molecule has 0 aromatic heterocycles. The lowest BCUT2D eigenvalue weighted by molar-refractivity contribution is -0.161. The number of alkyl halides is 3. The standard InChI is InChI=1S/C2ClF3O.C2H6O/c3-1(7)2(4,5)6;1-2-3/h;3H,2H2,1H3. The highest BCUT2D eigenvalue weighted by molar-refractivity contribution is 6.64. The molecule has 6 heteroatoms. The van der Waals surface area contributed by atoms with Crippen molar-refractivity contribution < 1.29 is 23.1 Å². The van der Waals surface area contributed by atoms with Crippen LogP contribution in [0.1, 0.15) is 6.92 Å². The molecule has 0 saturated heterocycles. The number of aliphatic hydroxyl groups excluding tert-OH is 1. The quantitative estimate of drug-likeness (QED) is 0.568. The Balaban J connectivity index is 0. The molecule has 0 amide bonds. The summed E-state index contributed by atoms with van der Waals surface area (Å²) in [6.07, 6.45) is -4.87. The van der Waals surface area contributed by atoms with Crippen LogP contribution >= 0.6 is 11.6 Å². The number of rotatable bonds is 0. The van der Waals surface area contributed by atoms with E-state index < -0.39 is 11.4 Å². The van der Waals surface area contributed by atoms with E-state index in [0.29, 0.717) is 0 Å². The molecule has 0 aliphatic carbocycles. The molecule has 0 aliphatic rings. The molecule has 62 valence electrons. The lowest BCUT2D eigenvalue weighted by Crippen LogP contribution is -2.15. The fourth-order valence-electron chi connectivity index (χ4n) is 0. The Morgan fingerprint density at radius 2 is 1.70 bits per heavy atom. The van der Waals surface area contributed by atoms with E-state index in [2.05, 4.69) is 11.6 Å². The Morgan fingerprint density at radius 1 is 1.60 bits per heavy atom. The Labute approximate surface area is 60.6 Å². The highest BCUT2D eigenvalue weighted by Gasteiger charge is 2.36. The molecule has 0 saturated carbocycles. The minimum Gasteiger partial charge on any atom is -0.397 e. The predicted molar refractivity (Wildman–Crippen MR) is 29.7 cm³/mol. The fourth-order valence-corrected chi connectivity index (χ4v) is 0. The summed E-state index contributed by atoms with van der Waals surface area (Å²) in [5.41, 5.74) is 0. The highest BCUT2D eigenvalue weighted by atomic mass is 35.5. The maximum Gasteiger partial charge on any atom is 0.466 e. The van der Waals surface area contributed by atoms with E-state index in [0.717, 1.165) is 0 Å². The van der Waals surface area contributed by atoms with E-state index >= 15 is 0 Å². The fraction of sp³-hybridized carbons (Fsp3) is 0.750. The summed E-state index contributed by atoms with van der Waals surface area (Å²) in [5.74, 6) is 0. The first-order valence-electron chi connectivity index (χ1n) is 2.23. The summed E-state index contributed by atoms with van der Waals surface area (Å²) >= 11 is 3.99. The van der Waals surface area contributed by atoms with Crippen LogP contribution in [0.15, 0.2) is 0 Å². The van der Waals surface area contributed by atoms with Gasteiger partial charge in [-0.3, -0.25) is 4.79 Å². The molecule has 0 heterocycles. The third-order valence-corrected chi connectivity index (χ3v) is 0.437. The van der Waals surface area contributed by atoms with Crippen molar-refractivity contribution in [3.63, 3.8) is 0 Å². The molecular weight excluding hydrogens is 172 g/mol. The number of halogens is 4. The van der Waals surface area contributed by atoms with Crippen LogP contribution in [0.25, 0.3) is 0 Å². The van der Waals surface area contributed by atoms with Gasteiger partial charge in [-0.05, 0) is 18.5 Å².